The molecule has 2 aromatic rings. The van der Waals surface area contributed by atoms with Gasteiger partial charge in [-0.15, -0.1) is 11.6 Å². The largest absolute Gasteiger partial charge is 0.489 e. The van der Waals surface area contributed by atoms with Crippen LogP contribution in [0.3, 0.4) is 0 Å². The molecule has 2 rings (SSSR count). The summed E-state index contributed by atoms with van der Waals surface area (Å²) in [6, 6.07) is 12.9. The predicted octanol–water partition coefficient (Wildman–Crippen LogP) is 5.29. The molecule has 0 saturated carbocycles. The molecule has 20 heavy (non-hydrogen) atoms. The molecule has 0 atom stereocenters. The van der Waals surface area contributed by atoms with Crippen LogP contribution in [0.2, 0.25) is 5.02 Å². The lowest BCUT2D eigenvalue weighted by molar-refractivity contribution is 0.304. The van der Waals surface area contributed by atoms with Gasteiger partial charge < -0.3 is 4.74 Å². The number of rotatable bonds is 4. The third-order valence-electron chi connectivity index (χ3n) is 2.73. The highest BCUT2D eigenvalue weighted by molar-refractivity contribution is 9.10. The molecule has 0 bridgehead atoms. The number of nitriles is 1. The maximum Gasteiger partial charge on any atom is 0.124 e. The number of benzene rings is 2. The van der Waals surface area contributed by atoms with Crippen molar-refractivity contribution < 1.29 is 4.74 Å². The summed E-state index contributed by atoms with van der Waals surface area (Å²) in [4.78, 5) is 0. The van der Waals surface area contributed by atoms with Gasteiger partial charge in [-0.25, -0.2) is 0 Å². The van der Waals surface area contributed by atoms with E-state index in [4.69, 9.17) is 33.2 Å². The topological polar surface area (TPSA) is 33.0 Å². The van der Waals surface area contributed by atoms with Crippen LogP contribution in [0.4, 0.5) is 0 Å². The number of hydrogen-bond donors (Lipinski definition) is 0. The number of hydrogen-bond acceptors (Lipinski definition) is 2. The molecule has 0 saturated heterocycles. The first-order valence-corrected chi connectivity index (χ1v) is 7.50. The maximum absolute atomic E-state index is 8.80. The van der Waals surface area contributed by atoms with E-state index in [1.54, 1.807) is 18.2 Å². The van der Waals surface area contributed by atoms with Crippen molar-refractivity contribution in [3.63, 3.8) is 0 Å². The van der Waals surface area contributed by atoms with Crippen molar-refractivity contribution in [3.8, 4) is 11.8 Å². The van der Waals surface area contributed by atoms with Gasteiger partial charge in [-0.1, -0.05) is 33.6 Å². The van der Waals surface area contributed by atoms with Crippen LogP contribution < -0.4 is 4.74 Å². The molecule has 0 amide bonds. The SMILES string of the molecule is N#Cc1ccc(COc2ccc(Br)cc2CCl)c(Cl)c1. The Balaban J connectivity index is 2.15. The van der Waals surface area contributed by atoms with Gasteiger partial charge in [0.15, 0.2) is 0 Å². The number of nitrogens with zero attached hydrogens (tertiary/aromatic N) is 1. The van der Waals surface area contributed by atoms with Crippen molar-refractivity contribution in [1.29, 1.82) is 5.26 Å². The molecule has 0 heterocycles. The summed E-state index contributed by atoms with van der Waals surface area (Å²) in [5, 5.41) is 9.32. The van der Waals surface area contributed by atoms with Crippen molar-refractivity contribution in [3.05, 3.63) is 62.6 Å². The van der Waals surface area contributed by atoms with Crippen LogP contribution in [0.5, 0.6) is 5.75 Å². The average molecular weight is 371 g/mol. The van der Waals surface area contributed by atoms with Crippen molar-refractivity contribution in [2.24, 2.45) is 0 Å². The highest BCUT2D eigenvalue weighted by Gasteiger charge is 2.07. The normalized spacial score (nSPS) is 10.1. The van der Waals surface area contributed by atoms with E-state index in [2.05, 4.69) is 15.9 Å². The summed E-state index contributed by atoms with van der Waals surface area (Å²) >= 11 is 15.4. The summed E-state index contributed by atoms with van der Waals surface area (Å²) in [6.45, 7) is 0.329. The summed E-state index contributed by atoms with van der Waals surface area (Å²) in [6.07, 6.45) is 0. The highest BCUT2D eigenvalue weighted by atomic mass is 79.9. The first-order valence-electron chi connectivity index (χ1n) is 5.79. The van der Waals surface area contributed by atoms with Gasteiger partial charge in [-0.2, -0.15) is 5.26 Å². The first-order chi connectivity index (χ1) is 9.63. The predicted molar refractivity (Wildman–Crippen MR) is 84.2 cm³/mol. The van der Waals surface area contributed by atoms with Crippen LogP contribution in [0.15, 0.2) is 40.9 Å². The smallest absolute Gasteiger partial charge is 0.124 e. The second kappa shape index (κ2) is 6.99. The highest BCUT2D eigenvalue weighted by Crippen LogP contribution is 2.26. The van der Waals surface area contributed by atoms with E-state index in [9.17, 15) is 0 Å². The third kappa shape index (κ3) is 3.67. The van der Waals surface area contributed by atoms with Crippen molar-refractivity contribution in [2.45, 2.75) is 12.5 Å². The van der Waals surface area contributed by atoms with Gasteiger partial charge in [0.1, 0.15) is 12.4 Å². The second-order valence-electron chi connectivity index (χ2n) is 4.09. The fraction of sp³-hybridized carbons (Fsp3) is 0.133. The van der Waals surface area contributed by atoms with E-state index >= 15 is 0 Å². The second-order valence-corrected chi connectivity index (χ2v) is 5.68. The Morgan fingerprint density at radius 1 is 1.15 bits per heavy atom. The van der Waals surface area contributed by atoms with E-state index in [0.717, 1.165) is 21.3 Å². The molecule has 0 aliphatic carbocycles. The minimum atomic E-state index is 0.329. The Hall–Kier alpha value is -1.21. The molecule has 2 aromatic carbocycles. The van der Waals surface area contributed by atoms with Gasteiger partial charge >= 0.3 is 0 Å². The van der Waals surface area contributed by atoms with Gasteiger partial charge in [-0.05, 0) is 30.3 Å². The lowest BCUT2D eigenvalue weighted by atomic mass is 10.1. The molecule has 0 aliphatic rings. The van der Waals surface area contributed by atoms with Gasteiger partial charge in [0.25, 0.3) is 0 Å². The quantitative estimate of drug-likeness (QED) is 0.684. The lowest BCUT2D eigenvalue weighted by Gasteiger charge is -2.11. The van der Waals surface area contributed by atoms with Gasteiger partial charge in [0, 0.05) is 20.6 Å². The standard InChI is InChI=1S/C15H10BrCl2NO/c16-13-3-4-15(12(6-13)7-17)20-9-11-2-1-10(8-19)5-14(11)18/h1-6H,7,9H2. The molecule has 0 N–H and O–H groups in total. The zero-order chi connectivity index (χ0) is 14.5. The molecule has 0 unspecified atom stereocenters. The molecular formula is C15H10BrCl2NO. The molecule has 0 radical (unpaired) electrons. The van der Waals surface area contributed by atoms with Crippen LogP contribution in [0.25, 0.3) is 0 Å². The van der Waals surface area contributed by atoms with Crippen molar-refractivity contribution in [1.82, 2.24) is 0 Å². The minimum Gasteiger partial charge on any atom is -0.489 e. The summed E-state index contributed by atoms with van der Waals surface area (Å²) in [5.41, 5.74) is 2.27. The zero-order valence-electron chi connectivity index (χ0n) is 10.4. The molecule has 0 spiro atoms. The Morgan fingerprint density at radius 2 is 1.95 bits per heavy atom. The van der Waals surface area contributed by atoms with E-state index < -0.39 is 0 Å². The van der Waals surface area contributed by atoms with Crippen LogP contribution >= 0.6 is 39.1 Å². The molecular weight excluding hydrogens is 361 g/mol. The molecule has 0 aromatic heterocycles. The van der Waals surface area contributed by atoms with Crippen molar-refractivity contribution in [2.75, 3.05) is 0 Å². The van der Waals surface area contributed by atoms with Crippen LogP contribution in [-0.2, 0) is 12.5 Å². The van der Waals surface area contributed by atoms with Crippen LogP contribution in [0.1, 0.15) is 16.7 Å². The van der Waals surface area contributed by atoms with E-state index in [1.807, 2.05) is 24.3 Å². The Labute approximate surface area is 136 Å². The molecule has 2 nitrogen and oxygen atoms in total. The molecule has 0 fully saturated rings. The number of alkyl halides is 1. The number of halogens is 3. The van der Waals surface area contributed by atoms with Gasteiger partial charge in [-0.3, -0.25) is 0 Å². The summed E-state index contributed by atoms with van der Waals surface area (Å²) < 4.78 is 6.71. The Bertz CT molecular complexity index is 667. The van der Waals surface area contributed by atoms with Crippen molar-refractivity contribution >= 4 is 39.1 Å². The lowest BCUT2D eigenvalue weighted by Crippen LogP contribution is -1.99. The van der Waals surface area contributed by atoms with Gasteiger partial charge in [0.2, 0.25) is 0 Å². The Kier molecular flexibility index (Phi) is 5.31. The average Bonchev–Trinajstić information content (AvgIpc) is 2.46. The zero-order valence-corrected chi connectivity index (χ0v) is 13.5. The van der Waals surface area contributed by atoms with E-state index in [0.29, 0.717) is 23.1 Å². The monoisotopic (exact) mass is 369 g/mol. The fourth-order valence-electron chi connectivity index (χ4n) is 1.68. The third-order valence-corrected chi connectivity index (χ3v) is 3.86. The summed E-state index contributed by atoms with van der Waals surface area (Å²) in [7, 11) is 0. The number of ether oxygens (including phenoxy) is 1. The summed E-state index contributed by atoms with van der Waals surface area (Å²) in [5.74, 6) is 1.10. The van der Waals surface area contributed by atoms with Gasteiger partial charge in [0.05, 0.1) is 17.5 Å². The molecule has 5 heteroatoms. The van der Waals surface area contributed by atoms with E-state index in [1.165, 1.54) is 0 Å². The molecule has 0 aliphatic heterocycles. The first kappa shape index (κ1) is 15.2. The Morgan fingerprint density at radius 3 is 2.60 bits per heavy atom. The minimum absolute atomic E-state index is 0.329. The van der Waals surface area contributed by atoms with Crippen LogP contribution in [-0.4, -0.2) is 0 Å². The fourth-order valence-corrected chi connectivity index (χ4v) is 2.54. The molecule has 102 valence electrons. The van der Waals surface area contributed by atoms with E-state index in [-0.39, 0.29) is 0 Å². The van der Waals surface area contributed by atoms with Crippen LogP contribution in [0, 0.1) is 11.3 Å². The maximum atomic E-state index is 8.80.